The van der Waals surface area contributed by atoms with Crippen molar-refractivity contribution in [1.29, 1.82) is 0 Å². The Bertz CT molecular complexity index is 296. The van der Waals surface area contributed by atoms with Gasteiger partial charge in [0.25, 0.3) is 0 Å². The summed E-state index contributed by atoms with van der Waals surface area (Å²) >= 11 is 8.81. The van der Waals surface area contributed by atoms with Crippen LogP contribution in [0.5, 0.6) is 0 Å². The largest absolute Gasteiger partial charge is 0.292 e. The van der Waals surface area contributed by atoms with Crippen molar-refractivity contribution in [2.24, 2.45) is 0 Å². The van der Waals surface area contributed by atoms with E-state index in [0.717, 1.165) is 10.6 Å². The van der Waals surface area contributed by atoms with Gasteiger partial charge in [0.2, 0.25) is 0 Å². The molecular weight excluding hydrogens is 236 g/mol. The maximum absolute atomic E-state index is 11.6. The summed E-state index contributed by atoms with van der Waals surface area (Å²) in [4.78, 5) is 12.3. The van der Waals surface area contributed by atoms with Crippen LogP contribution in [0, 0.1) is 0 Å². The number of hydrogen-bond acceptors (Lipinski definition) is 3. The van der Waals surface area contributed by atoms with Crippen LogP contribution in [0.4, 0.5) is 0 Å². The molecule has 0 radical (unpaired) electrons. The van der Waals surface area contributed by atoms with Crippen LogP contribution in [-0.4, -0.2) is 17.3 Å². The normalized spacial score (nSPS) is 10.4. The van der Waals surface area contributed by atoms with Crippen molar-refractivity contribution in [3.05, 3.63) is 21.3 Å². The molecule has 0 aromatic carbocycles. The van der Waals surface area contributed by atoms with Crippen LogP contribution in [0.2, 0.25) is 4.34 Å². The molecule has 1 aromatic rings. The predicted molar refractivity (Wildman–Crippen MR) is 65.9 cm³/mol. The standard InChI is InChI=1S/C10H13ClOS2/c1-2-3-6-13-7-8(12)9-4-5-10(11)14-9/h4-5H,2-3,6-7H2,1H3. The molecule has 1 nitrogen and oxygen atoms in total. The highest BCUT2D eigenvalue weighted by molar-refractivity contribution is 7.99. The van der Waals surface area contributed by atoms with Crippen LogP contribution in [0.3, 0.4) is 0 Å². The van der Waals surface area contributed by atoms with E-state index >= 15 is 0 Å². The molecule has 0 bridgehead atoms. The number of thioether (sulfide) groups is 1. The minimum Gasteiger partial charge on any atom is -0.292 e. The third-order valence-electron chi connectivity index (χ3n) is 1.72. The summed E-state index contributed by atoms with van der Waals surface area (Å²) in [7, 11) is 0. The number of rotatable bonds is 6. The molecule has 0 aliphatic rings. The van der Waals surface area contributed by atoms with E-state index in [1.165, 1.54) is 24.2 Å². The highest BCUT2D eigenvalue weighted by Crippen LogP contribution is 2.22. The van der Waals surface area contributed by atoms with Crippen LogP contribution in [0.1, 0.15) is 29.4 Å². The molecule has 0 atom stereocenters. The maximum Gasteiger partial charge on any atom is 0.182 e. The molecule has 1 rings (SSSR count). The van der Waals surface area contributed by atoms with Crippen molar-refractivity contribution in [2.75, 3.05) is 11.5 Å². The lowest BCUT2D eigenvalue weighted by molar-refractivity contribution is 0.102. The third-order valence-corrected chi connectivity index (χ3v) is 4.04. The Balaban J connectivity index is 2.29. The van der Waals surface area contributed by atoms with Gasteiger partial charge in [-0.05, 0) is 24.3 Å². The van der Waals surface area contributed by atoms with Crippen LogP contribution in [-0.2, 0) is 0 Å². The Morgan fingerprint density at radius 3 is 2.93 bits per heavy atom. The molecule has 0 spiro atoms. The Morgan fingerprint density at radius 2 is 2.36 bits per heavy atom. The molecule has 0 N–H and O–H groups in total. The average Bonchev–Trinajstić information content (AvgIpc) is 2.59. The maximum atomic E-state index is 11.6. The zero-order valence-electron chi connectivity index (χ0n) is 8.09. The molecule has 0 amide bonds. The van der Waals surface area contributed by atoms with Gasteiger partial charge >= 0.3 is 0 Å². The summed E-state index contributed by atoms with van der Waals surface area (Å²) in [6, 6.07) is 3.58. The number of carbonyl (C=O) groups excluding carboxylic acids is 1. The van der Waals surface area contributed by atoms with Gasteiger partial charge in [-0.3, -0.25) is 4.79 Å². The first-order valence-electron chi connectivity index (χ1n) is 4.60. The topological polar surface area (TPSA) is 17.1 Å². The van der Waals surface area contributed by atoms with Gasteiger partial charge in [0.15, 0.2) is 5.78 Å². The van der Waals surface area contributed by atoms with E-state index in [4.69, 9.17) is 11.6 Å². The number of Topliss-reactive ketones (excluding diaryl/α,β-unsaturated/α-hetero) is 1. The fraction of sp³-hybridized carbons (Fsp3) is 0.500. The second-order valence-corrected chi connectivity index (χ2v) is 5.75. The lowest BCUT2D eigenvalue weighted by atomic mass is 10.4. The molecule has 0 fully saturated rings. The van der Waals surface area contributed by atoms with Gasteiger partial charge in [0, 0.05) is 0 Å². The fourth-order valence-corrected chi connectivity index (χ4v) is 3.00. The van der Waals surface area contributed by atoms with E-state index in [-0.39, 0.29) is 5.78 Å². The summed E-state index contributed by atoms with van der Waals surface area (Å²) in [6.45, 7) is 2.15. The quantitative estimate of drug-likeness (QED) is 0.557. The van der Waals surface area contributed by atoms with Crippen molar-refractivity contribution in [3.8, 4) is 0 Å². The van der Waals surface area contributed by atoms with Crippen molar-refractivity contribution >= 4 is 40.5 Å². The van der Waals surface area contributed by atoms with Gasteiger partial charge in [-0.25, -0.2) is 0 Å². The smallest absolute Gasteiger partial charge is 0.182 e. The van der Waals surface area contributed by atoms with Crippen molar-refractivity contribution in [1.82, 2.24) is 0 Å². The summed E-state index contributed by atoms with van der Waals surface area (Å²) in [5, 5.41) is 0. The zero-order valence-corrected chi connectivity index (χ0v) is 10.5. The molecule has 0 saturated heterocycles. The number of carbonyl (C=O) groups is 1. The average molecular weight is 249 g/mol. The summed E-state index contributed by atoms with van der Waals surface area (Å²) < 4.78 is 0.687. The number of unbranched alkanes of at least 4 members (excludes halogenated alkanes) is 1. The molecule has 78 valence electrons. The Labute approximate surface area is 97.8 Å². The summed E-state index contributed by atoms with van der Waals surface area (Å²) in [5.41, 5.74) is 0. The first-order chi connectivity index (χ1) is 6.74. The lowest BCUT2D eigenvalue weighted by Gasteiger charge is -1.97. The number of hydrogen-bond donors (Lipinski definition) is 0. The monoisotopic (exact) mass is 248 g/mol. The van der Waals surface area contributed by atoms with Gasteiger partial charge in [-0.15, -0.1) is 11.3 Å². The summed E-state index contributed by atoms with van der Waals surface area (Å²) in [6.07, 6.45) is 2.37. The number of thiophene rings is 1. The van der Waals surface area contributed by atoms with Crippen LogP contribution >= 0.6 is 34.7 Å². The molecule has 0 unspecified atom stereocenters. The van der Waals surface area contributed by atoms with E-state index in [1.54, 1.807) is 23.9 Å². The number of ketones is 1. The molecule has 1 aromatic heterocycles. The first kappa shape index (κ1) is 12.1. The van der Waals surface area contributed by atoms with Gasteiger partial charge < -0.3 is 0 Å². The molecule has 14 heavy (non-hydrogen) atoms. The molecule has 0 saturated carbocycles. The number of halogens is 1. The first-order valence-corrected chi connectivity index (χ1v) is 6.95. The van der Waals surface area contributed by atoms with E-state index in [0.29, 0.717) is 10.1 Å². The van der Waals surface area contributed by atoms with Crippen molar-refractivity contribution in [3.63, 3.8) is 0 Å². The van der Waals surface area contributed by atoms with Gasteiger partial charge in [0.05, 0.1) is 15.0 Å². The minimum absolute atomic E-state index is 0.197. The molecule has 0 aliphatic carbocycles. The fourth-order valence-electron chi connectivity index (χ4n) is 0.947. The predicted octanol–water partition coefficient (Wildman–Crippen LogP) is 4.12. The SMILES string of the molecule is CCCCSCC(=O)c1ccc(Cl)s1. The van der Waals surface area contributed by atoms with Crippen LogP contribution in [0.25, 0.3) is 0 Å². The molecule has 0 aliphatic heterocycles. The van der Waals surface area contributed by atoms with Crippen molar-refractivity contribution in [2.45, 2.75) is 19.8 Å². The highest BCUT2D eigenvalue weighted by atomic mass is 35.5. The summed E-state index contributed by atoms with van der Waals surface area (Å²) in [5.74, 6) is 1.85. The Hall–Kier alpha value is 0.01000. The Morgan fingerprint density at radius 1 is 1.57 bits per heavy atom. The second-order valence-electron chi connectivity index (χ2n) is 2.93. The molecule has 1 heterocycles. The Kier molecular flexibility index (Phi) is 5.60. The van der Waals surface area contributed by atoms with E-state index in [9.17, 15) is 4.79 Å². The highest BCUT2D eigenvalue weighted by Gasteiger charge is 2.07. The lowest BCUT2D eigenvalue weighted by Crippen LogP contribution is -1.99. The van der Waals surface area contributed by atoms with E-state index < -0.39 is 0 Å². The van der Waals surface area contributed by atoms with Gasteiger partial charge in [0.1, 0.15) is 0 Å². The molecular formula is C10H13ClOS2. The second kappa shape index (κ2) is 6.49. The molecule has 4 heteroatoms. The minimum atomic E-state index is 0.197. The van der Waals surface area contributed by atoms with Crippen molar-refractivity contribution < 1.29 is 4.79 Å². The third kappa shape index (κ3) is 4.03. The van der Waals surface area contributed by atoms with E-state index in [1.807, 2.05) is 0 Å². The van der Waals surface area contributed by atoms with Crippen LogP contribution < -0.4 is 0 Å². The zero-order chi connectivity index (χ0) is 10.4. The van der Waals surface area contributed by atoms with Crippen LogP contribution in [0.15, 0.2) is 12.1 Å². The van der Waals surface area contributed by atoms with Gasteiger partial charge in [-0.1, -0.05) is 24.9 Å². The van der Waals surface area contributed by atoms with Gasteiger partial charge in [-0.2, -0.15) is 11.8 Å². The van der Waals surface area contributed by atoms with E-state index in [2.05, 4.69) is 6.92 Å².